The largest absolute Gasteiger partial charge is 0.349 e. The fraction of sp³-hybridized carbons (Fsp3) is 0.304. The quantitative estimate of drug-likeness (QED) is 0.644. The van der Waals surface area contributed by atoms with E-state index in [9.17, 15) is 9.59 Å². The average molecular weight is 422 g/mol. The van der Waals surface area contributed by atoms with Gasteiger partial charge in [-0.25, -0.2) is 4.68 Å². The third-order valence-electron chi connectivity index (χ3n) is 5.71. The number of carbonyl (C=O) groups is 1. The van der Waals surface area contributed by atoms with Crippen LogP contribution in [0.4, 0.5) is 0 Å². The van der Waals surface area contributed by atoms with Gasteiger partial charge in [-0.05, 0) is 36.6 Å². The maximum atomic E-state index is 13.3. The van der Waals surface area contributed by atoms with Crippen molar-refractivity contribution in [2.75, 3.05) is 0 Å². The van der Waals surface area contributed by atoms with Gasteiger partial charge < -0.3 is 5.32 Å². The van der Waals surface area contributed by atoms with Crippen LogP contribution in [0.5, 0.6) is 0 Å². The highest BCUT2D eigenvalue weighted by Gasteiger charge is 2.23. The molecule has 1 N–H and O–H groups in total. The third-order valence-corrected chi connectivity index (χ3v) is 6.08. The van der Waals surface area contributed by atoms with Crippen LogP contribution in [-0.4, -0.2) is 29.2 Å². The molecule has 5 nitrogen and oxygen atoms in total. The fourth-order valence-corrected chi connectivity index (χ4v) is 4.22. The number of carbonyl (C=O) groups excluding carboxylic acids is 1. The molecule has 1 aliphatic carbocycles. The number of amides is 1. The standard InChI is InChI=1S/C23H25BClN3O2/c24-17-10-12-19(13-11-17)28-23(30)20(22(29)26-18-7-2-1-3-8-18)15-27(28)14-16-6-4-5-9-21(16)25/h4-6,9-13,15,18H,1-3,7-8,14,24H2,(H,26,29). The number of halogens is 1. The molecule has 1 amide bonds. The zero-order valence-corrected chi connectivity index (χ0v) is 17.9. The number of benzene rings is 2. The Morgan fingerprint density at radius 2 is 1.77 bits per heavy atom. The van der Waals surface area contributed by atoms with Gasteiger partial charge >= 0.3 is 0 Å². The van der Waals surface area contributed by atoms with Crippen molar-refractivity contribution in [2.24, 2.45) is 0 Å². The molecule has 30 heavy (non-hydrogen) atoms. The van der Waals surface area contributed by atoms with Crippen LogP contribution < -0.4 is 16.3 Å². The summed E-state index contributed by atoms with van der Waals surface area (Å²) in [7, 11) is 2.00. The molecule has 2 aromatic carbocycles. The Kier molecular flexibility index (Phi) is 6.14. The van der Waals surface area contributed by atoms with E-state index in [1.54, 1.807) is 15.6 Å². The van der Waals surface area contributed by atoms with E-state index in [0.29, 0.717) is 11.6 Å². The summed E-state index contributed by atoms with van der Waals surface area (Å²) in [5.41, 5.74) is 2.54. The van der Waals surface area contributed by atoms with Crippen LogP contribution in [0.1, 0.15) is 48.0 Å². The predicted octanol–water partition coefficient (Wildman–Crippen LogP) is 2.66. The molecule has 0 spiro atoms. The molecule has 0 unspecified atom stereocenters. The van der Waals surface area contributed by atoms with Crippen molar-refractivity contribution < 1.29 is 4.79 Å². The van der Waals surface area contributed by atoms with Crippen molar-refractivity contribution in [1.82, 2.24) is 14.7 Å². The van der Waals surface area contributed by atoms with Gasteiger partial charge in [0.15, 0.2) is 0 Å². The van der Waals surface area contributed by atoms with Crippen LogP contribution in [0.3, 0.4) is 0 Å². The second kappa shape index (κ2) is 8.96. The summed E-state index contributed by atoms with van der Waals surface area (Å²) in [4.78, 5) is 26.2. The lowest BCUT2D eigenvalue weighted by molar-refractivity contribution is 0.0926. The lowest BCUT2D eigenvalue weighted by atomic mass is 9.95. The molecule has 4 rings (SSSR count). The maximum Gasteiger partial charge on any atom is 0.284 e. The Hall–Kier alpha value is -2.73. The van der Waals surface area contributed by atoms with Crippen molar-refractivity contribution >= 4 is 30.8 Å². The SMILES string of the molecule is Bc1ccc(-n2c(=O)c(C(=O)NC3CCCCC3)cn2Cc2ccccc2Cl)cc1. The lowest BCUT2D eigenvalue weighted by Crippen LogP contribution is -2.38. The van der Waals surface area contributed by atoms with Crippen LogP contribution >= 0.6 is 11.6 Å². The first-order valence-corrected chi connectivity index (χ1v) is 10.8. The molecule has 1 aromatic heterocycles. The maximum absolute atomic E-state index is 13.3. The van der Waals surface area contributed by atoms with Gasteiger partial charge in [-0.15, -0.1) is 0 Å². The predicted molar refractivity (Wildman–Crippen MR) is 123 cm³/mol. The van der Waals surface area contributed by atoms with Gasteiger partial charge in [0.1, 0.15) is 13.4 Å². The summed E-state index contributed by atoms with van der Waals surface area (Å²) in [6, 6.07) is 15.4. The Balaban J connectivity index is 1.72. The summed E-state index contributed by atoms with van der Waals surface area (Å²) in [5, 5.41) is 3.69. The summed E-state index contributed by atoms with van der Waals surface area (Å²) in [6.07, 6.45) is 7.03. The fourth-order valence-electron chi connectivity index (χ4n) is 4.03. The first-order valence-electron chi connectivity index (χ1n) is 10.5. The second-order valence-corrected chi connectivity index (χ2v) is 8.40. The van der Waals surface area contributed by atoms with Gasteiger partial charge in [-0.3, -0.25) is 14.3 Å². The van der Waals surface area contributed by atoms with Gasteiger partial charge in [-0.2, -0.15) is 0 Å². The Labute approximate surface area is 182 Å². The molecule has 0 saturated heterocycles. The molecule has 1 fully saturated rings. The second-order valence-electron chi connectivity index (χ2n) is 7.99. The summed E-state index contributed by atoms with van der Waals surface area (Å²) < 4.78 is 3.32. The van der Waals surface area contributed by atoms with E-state index >= 15 is 0 Å². The number of hydrogen-bond donors (Lipinski definition) is 1. The van der Waals surface area contributed by atoms with E-state index in [0.717, 1.165) is 42.4 Å². The molecular weight excluding hydrogens is 397 g/mol. The van der Waals surface area contributed by atoms with Crippen LogP contribution in [0, 0.1) is 0 Å². The van der Waals surface area contributed by atoms with Gasteiger partial charge in [0.05, 0.1) is 12.2 Å². The molecule has 154 valence electrons. The van der Waals surface area contributed by atoms with Crippen molar-refractivity contribution in [3.8, 4) is 5.69 Å². The molecule has 1 saturated carbocycles. The van der Waals surface area contributed by atoms with Crippen LogP contribution in [-0.2, 0) is 6.54 Å². The van der Waals surface area contributed by atoms with Crippen molar-refractivity contribution in [3.05, 3.63) is 81.2 Å². The summed E-state index contributed by atoms with van der Waals surface area (Å²) in [6.45, 7) is 0.388. The smallest absolute Gasteiger partial charge is 0.284 e. The highest BCUT2D eigenvalue weighted by atomic mass is 35.5. The number of rotatable bonds is 5. The number of aromatic nitrogens is 2. The molecular formula is C23H25BClN3O2. The van der Waals surface area contributed by atoms with Crippen molar-refractivity contribution in [2.45, 2.75) is 44.7 Å². The van der Waals surface area contributed by atoms with Gasteiger partial charge in [0.25, 0.3) is 11.5 Å². The van der Waals surface area contributed by atoms with E-state index in [2.05, 4.69) is 5.32 Å². The van der Waals surface area contributed by atoms with E-state index in [4.69, 9.17) is 11.6 Å². The first-order chi connectivity index (χ1) is 14.5. The number of hydrogen-bond acceptors (Lipinski definition) is 2. The van der Waals surface area contributed by atoms with E-state index in [1.165, 1.54) is 6.42 Å². The normalized spacial score (nSPS) is 14.6. The Morgan fingerprint density at radius 3 is 2.47 bits per heavy atom. The molecule has 7 heteroatoms. The Morgan fingerprint density at radius 1 is 1.07 bits per heavy atom. The van der Waals surface area contributed by atoms with E-state index in [-0.39, 0.29) is 23.1 Å². The van der Waals surface area contributed by atoms with Crippen LogP contribution in [0.15, 0.2) is 59.5 Å². The van der Waals surface area contributed by atoms with E-state index in [1.807, 2.05) is 56.4 Å². The highest BCUT2D eigenvalue weighted by Crippen LogP contribution is 2.19. The average Bonchev–Trinajstić information content (AvgIpc) is 3.07. The van der Waals surface area contributed by atoms with Gasteiger partial charge in [0.2, 0.25) is 0 Å². The number of nitrogens with zero attached hydrogens (tertiary/aromatic N) is 2. The van der Waals surface area contributed by atoms with Gasteiger partial charge in [-0.1, -0.05) is 66.7 Å². The zero-order chi connectivity index (χ0) is 21.1. The summed E-state index contributed by atoms with van der Waals surface area (Å²) in [5.74, 6) is -0.300. The molecule has 0 atom stereocenters. The molecule has 0 bridgehead atoms. The van der Waals surface area contributed by atoms with Crippen LogP contribution in [0.2, 0.25) is 5.02 Å². The minimum Gasteiger partial charge on any atom is -0.349 e. The molecule has 0 radical (unpaired) electrons. The highest BCUT2D eigenvalue weighted by molar-refractivity contribution is 6.32. The van der Waals surface area contributed by atoms with Crippen molar-refractivity contribution in [3.63, 3.8) is 0 Å². The summed E-state index contributed by atoms with van der Waals surface area (Å²) >= 11 is 6.35. The van der Waals surface area contributed by atoms with E-state index < -0.39 is 0 Å². The van der Waals surface area contributed by atoms with Gasteiger partial charge in [0, 0.05) is 17.3 Å². The topological polar surface area (TPSA) is 56.0 Å². The minimum absolute atomic E-state index is 0.144. The zero-order valence-electron chi connectivity index (χ0n) is 17.1. The molecule has 0 aliphatic heterocycles. The third kappa shape index (κ3) is 4.39. The lowest BCUT2D eigenvalue weighted by Gasteiger charge is -2.22. The number of nitrogens with one attached hydrogen (secondary N) is 1. The van der Waals surface area contributed by atoms with Crippen molar-refractivity contribution in [1.29, 1.82) is 0 Å². The first kappa shape index (κ1) is 20.5. The minimum atomic E-state index is -0.320. The van der Waals surface area contributed by atoms with Crippen LogP contribution in [0.25, 0.3) is 5.69 Å². The molecule has 3 aromatic rings. The molecule has 1 aliphatic rings. The molecule has 1 heterocycles. The monoisotopic (exact) mass is 421 g/mol. The Bertz CT molecular complexity index is 1100.